The van der Waals surface area contributed by atoms with E-state index in [9.17, 15) is 18.5 Å². The summed E-state index contributed by atoms with van der Waals surface area (Å²) in [5.74, 6) is -0.697. The van der Waals surface area contributed by atoms with Crippen LogP contribution in [0.1, 0.15) is 15.9 Å². The second-order valence-corrected chi connectivity index (χ2v) is 9.84. The molecule has 33 heavy (non-hydrogen) atoms. The second-order valence-electron chi connectivity index (χ2n) is 6.70. The Morgan fingerprint density at radius 1 is 1.03 bits per heavy atom. The third-order valence-electron chi connectivity index (χ3n) is 4.53. The lowest BCUT2D eigenvalue weighted by Gasteiger charge is -2.23. The van der Waals surface area contributed by atoms with Crippen molar-refractivity contribution in [2.24, 2.45) is 0 Å². The van der Waals surface area contributed by atoms with E-state index in [1.165, 1.54) is 42.5 Å². The lowest BCUT2D eigenvalue weighted by molar-refractivity contribution is 0.102. The summed E-state index contributed by atoms with van der Waals surface area (Å²) < 4.78 is 27.9. The molecule has 168 valence electrons. The highest BCUT2D eigenvalue weighted by Crippen LogP contribution is 2.29. The molecule has 0 bridgehead atoms. The van der Waals surface area contributed by atoms with E-state index in [2.05, 4.69) is 11.9 Å². The number of anilines is 2. The molecule has 0 spiro atoms. The number of hydrogen-bond donors (Lipinski definition) is 1. The van der Waals surface area contributed by atoms with Crippen LogP contribution in [0.4, 0.5) is 11.4 Å². The number of hydrogen-bond acceptors (Lipinski definition) is 4. The Kier molecular flexibility index (Phi) is 7.67. The Hall–Kier alpha value is -3.02. The fraction of sp³-hybridized carbons (Fsp3) is 0.0435. The first-order valence-electron chi connectivity index (χ1n) is 9.37. The van der Waals surface area contributed by atoms with Gasteiger partial charge in [0.05, 0.1) is 39.0 Å². The maximum Gasteiger partial charge on any atom is 0.264 e. The topological polar surface area (TPSA) is 90.3 Å². The van der Waals surface area contributed by atoms with Crippen molar-refractivity contribution < 1.29 is 13.2 Å². The van der Waals surface area contributed by atoms with E-state index in [4.69, 9.17) is 34.8 Å². The van der Waals surface area contributed by atoms with Gasteiger partial charge in [0.1, 0.15) is 6.07 Å². The van der Waals surface area contributed by atoms with Gasteiger partial charge in [-0.15, -0.1) is 6.58 Å². The number of carbonyl (C=O) groups is 1. The molecule has 10 heteroatoms. The van der Waals surface area contributed by atoms with E-state index in [1.807, 2.05) is 6.07 Å². The summed E-state index contributed by atoms with van der Waals surface area (Å²) in [7, 11) is -4.09. The predicted octanol–water partition coefficient (Wildman–Crippen LogP) is 6.15. The van der Waals surface area contributed by atoms with E-state index in [0.29, 0.717) is 15.7 Å². The summed E-state index contributed by atoms with van der Waals surface area (Å²) >= 11 is 18.1. The van der Waals surface area contributed by atoms with Crippen LogP contribution in [0.3, 0.4) is 0 Å². The summed E-state index contributed by atoms with van der Waals surface area (Å²) in [6.45, 7) is 3.61. The van der Waals surface area contributed by atoms with E-state index in [0.717, 1.165) is 4.31 Å². The first-order chi connectivity index (χ1) is 15.7. The third-order valence-corrected chi connectivity index (χ3v) is 7.14. The van der Waals surface area contributed by atoms with Crippen LogP contribution in [0.25, 0.3) is 0 Å². The maximum atomic E-state index is 13.4. The highest BCUT2D eigenvalue weighted by atomic mass is 35.5. The second kappa shape index (κ2) is 10.3. The summed E-state index contributed by atoms with van der Waals surface area (Å²) in [5, 5.41) is 12.6. The van der Waals surface area contributed by atoms with Crippen molar-refractivity contribution in [3.63, 3.8) is 0 Å². The number of nitriles is 1. The van der Waals surface area contributed by atoms with E-state index >= 15 is 0 Å². The Morgan fingerprint density at radius 2 is 1.70 bits per heavy atom. The summed E-state index contributed by atoms with van der Waals surface area (Å²) in [6, 6.07) is 16.4. The zero-order valence-electron chi connectivity index (χ0n) is 16.9. The summed E-state index contributed by atoms with van der Waals surface area (Å²) in [6.07, 6.45) is 1.44. The molecule has 0 aliphatic heterocycles. The van der Waals surface area contributed by atoms with E-state index < -0.39 is 15.9 Å². The molecule has 1 amide bonds. The average molecular weight is 521 g/mol. The SMILES string of the molecule is C=CCN(c1ccc(Cl)cc1)S(=O)(=O)c1ccc(Cl)c(C(=O)Nc2cc(Cl)ccc2C#N)c1. The molecule has 1 N–H and O–H groups in total. The molecule has 0 aliphatic rings. The number of halogens is 3. The molecular weight excluding hydrogens is 505 g/mol. The molecule has 0 fully saturated rings. The number of benzene rings is 3. The lowest BCUT2D eigenvalue weighted by Crippen LogP contribution is -2.31. The first-order valence-corrected chi connectivity index (χ1v) is 11.9. The number of nitrogens with zero attached hydrogens (tertiary/aromatic N) is 2. The fourth-order valence-electron chi connectivity index (χ4n) is 2.94. The number of sulfonamides is 1. The standard InChI is InChI=1S/C23H16Cl3N3O3S/c1-2-11-29(18-7-5-16(24)6-8-18)33(31,32)19-9-10-21(26)20(13-19)23(30)28-22-12-17(25)4-3-15(22)14-27/h2-10,12-13H,1,11H2,(H,28,30). The lowest BCUT2D eigenvalue weighted by atomic mass is 10.1. The monoisotopic (exact) mass is 519 g/mol. The van der Waals surface area contributed by atoms with Crippen LogP contribution in [-0.2, 0) is 10.0 Å². The zero-order valence-corrected chi connectivity index (χ0v) is 20.0. The highest BCUT2D eigenvalue weighted by Gasteiger charge is 2.26. The maximum absolute atomic E-state index is 13.4. The van der Waals surface area contributed by atoms with Crippen molar-refractivity contribution in [1.29, 1.82) is 5.26 Å². The average Bonchev–Trinajstić information content (AvgIpc) is 2.78. The number of carbonyl (C=O) groups excluding carboxylic acids is 1. The Balaban J connectivity index is 2.01. The highest BCUT2D eigenvalue weighted by molar-refractivity contribution is 7.92. The van der Waals surface area contributed by atoms with E-state index in [1.54, 1.807) is 24.3 Å². The molecule has 3 aromatic rings. The Morgan fingerprint density at radius 3 is 2.33 bits per heavy atom. The van der Waals surface area contributed by atoms with Gasteiger partial charge in [-0.05, 0) is 60.7 Å². The van der Waals surface area contributed by atoms with Crippen LogP contribution in [0.5, 0.6) is 0 Å². The molecule has 0 aliphatic carbocycles. The minimum Gasteiger partial charge on any atom is -0.321 e. The Labute approximate surface area is 206 Å². The number of nitrogens with one attached hydrogen (secondary N) is 1. The number of amides is 1. The largest absolute Gasteiger partial charge is 0.321 e. The third kappa shape index (κ3) is 5.49. The van der Waals surface area contributed by atoms with Gasteiger partial charge in [0.25, 0.3) is 15.9 Å². The van der Waals surface area contributed by atoms with Gasteiger partial charge in [0.2, 0.25) is 0 Å². The quantitative estimate of drug-likeness (QED) is 0.378. The molecule has 0 radical (unpaired) electrons. The van der Waals surface area contributed by atoms with Crippen molar-refractivity contribution >= 4 is 62.1 Å². The first kappa shape index (κ1) is 24.6. The van der Waals surface area contributed by atoms with Crippen LogP contribution < -0.4 is 9.62 Å². The van der Waals surface area contributed by atoms with Crippen LogP contribution in [-0.4, -0.2) is 20.9 Å². The van der Waals surface area contributed by atoms with Gasteiger partial charge >= 0.3 is 0 Å². The van der Waals surface area contributed by atoms with Gasteiger partial charge in [0, 0.05) is 10.0 Å². The molecule has 0 aromatic heterocycles. The van der Waals surface area contributed by atoms with Crippen molar-refractivity contribution in [3.05, 3.63) is 99.5 Å². The van der Waals surface area contributed by atoms with Gasteiger partial charge in [-0.2, -0.15) is 5.26 Å². The molecule has 0 heterocycles. The van der Waals surface area contributed by atoms with Gasteiger partial charge in [0.15, 0.2) is 0 Å². The molecule has 0 unspecified atom stereocenters. The van der Waals surface area contributed by atoms with Crippen LogP contribution in [0.2, 0.25) is 15.1 Å². The molecular formula is C23H16Cl3N3O3S. The molecule has 3 aromatic carbocycles. The van der Waals surface area contributed by atoms with Crippen LogP contribution >= 0.6 is 34.8 Å². The van der Waals surface area contributed by atoms with E-state index in [-0.39, 0.29) is 33.3 Å². The van der Waals surface area contributed by atoms with Crippen molar-refractivity contribution in [2.75, 3.05) is 16.2 Å². The minimum atomic E-state index is -4.09. The van der Waals surface area contributed by atoms with Crippen molar-refractivity contribution in [1.82, 2.24) is 0 Å². The number of rotatable bonds is 7. The molecule has 0 saturated heterocycles. The van der Waals surface area contributed by atoms with Crippen molar-refractivity contribution in [3.8, 4) is 6.07 Å². The fourth-order valence-corrected chi connectivity index (χ4v) is 4.90. The van der Waals surface area contributed by atoms with Crippen LogP contribution in [0, 0.1) is 11.3 Å². The van der Waals surface area contributed by atoms with Gasteiger partial charge < -0.3 is 5.32 Å². The smallest absolute Gasteiger partial charge is 0.264 e. The summed E-state index contributed by atoms with van der Waals surface area (Å²) in [5.41, 5.74) is 0.649. The van der Waals surface area contributed by atoms with Crippen LogP contribution in [0.15, 0.2) is 78.2 Å². The van der Waals surface area contributed by atoms with Gasteiger partial charge in [-0.3, -0.25) is 9.10 Å². The minimum absolute atomic E-state index is 0.0117. The van der Waals surface area contributed by atoms with Gasteiger partial charge in [-0.1, -0.05) is 40.9 Å². The Bertz CT molecular complexity index is 1370. The summed E-state index contributed by atoms with van der Waals surface area (Å²) in [4.78, 5) is 12.8. The zero-order chi connectivity index (χ0) is 24.2. The molecule has 0 atom stereocenters. The van der Waals surface area contributed by atoms with Gasteiger partial charge in [-0.25, -0.2) is 8.42 Å². The predicted molar refractivity (Wildman–Crippen MR) is 132 cm³/mol. The molecule has 3 rings (SSSR count). The molecule has 0 saturated carbocycles. The van der Waals surface area contributed by atoms with Crippen molar-refractivity contribution in [2.45, 2.75) is 4.90 Å². The molecule has 6 nitrogen and oxygen atoms in total. The normalized spacial score (nSPS) is 10.8.